The average molecular weight is 346 g/mol. The molecule has 5 nitrogen and oxygen atoms in total. The van der Waals surface area contributed by atoms with Crippen LogP contribution < -0.4 is 10.3 Å². The second-order valence-corrected chi connectivity index (χ2v) is 6.73. The number of aliphatic hydroxyl groups excluding tert-OH is 1. The molecule has 1 saturated carbocycles. The maximum absolute atomic E-state index is 12.9. The van der Waals surface area contributed by atoms with Crippen molar-refractivity contribution in [3.8, 4) is 5.75 Å². The monoisotopic (exact) mass is 346 g/mol. The van der Waals surface area contributed by atoms with Crippen LogP contribution in [-0.2, 0) is 6.61 Å². The second kappa shape index (κ2) is 5.99. The minimum atomic E-state index is -0.326. The van der Waals surface area contributed by atoms with Crippen LogP contribution in [0.3, 0.4) is 0 Å². The smallest absolute Gasteiger partial charge is 0.259 e. The van der Waals surface area contributed by atoms with Gasteiger partial charge in [0.25, 0.3) is 5.56 Å². The van der Waals surface area contributed by atoms with Gasteiger partial charge in [-0.3, -0.25) is 9.20 Å². The maximum Gasteiger partial charge on any atom is 0.259 e. The number of nitrogens with zero attached hydrogens (tertiary/aromatic N) is 2. The average Bonchev–Trinajstić information content (AvgIpc) is 3.25. The first kappa shape index (κ1) is 15.3. The molecule has 2 aromatic heterocycles. The number of rotatable bonds is 5. The highest BCUT2D eigenvalue weighted by Crippen LogP contribution is 2.47. The number of hydrogen-bond acceptors (Lipinski definition) is 5. The first-order chi connectivity index (χ1) is 11.7. The SMILES string of the molecule is O=c1cc(COc2ccc(F)cc2)nc2scc([C@@H]3C[C@H]3CO)n12. The molecule has 0 radical (unpaired) electrons. The van der Waals surface area contributed by atoms with Crippen LogP contribution in [0.4, 0.5) is 4.39 Å². The second-order valence-electron chi connectivity index (χ2n) is 5.89. The van der Waals surface area contributed by atoms with Crippen LogP contribution in [0.2, 0.25) is 0 Å². The van der Waals surface area contributed by atoms with E-state index in [0.29, 0.717) is 16.4 Å². The van der Waals surface area contributed by atoms with Crippen molar-refractivity contribution in [3.05, 3.63) is 63.3 Å². The van der Waals surface area contributed by atoms with Crippen molar-refractivity contribution in [2.24, 2.45) is 5.92 Å². The zero-order valence-electron chi connectivity index (χ0n) is 12.7. The fourth-order valence-electron chi connectivity index (χ4n) is 2.82. The Hall–Kier alpha value is -2.25. The van der Waals surface area contributed by atoms with Gasteiger partial charge in [0.15, 0.2) is 4.96 Å². The predicted octanol–water partition coefficient (Wildman–Crippen LogP) is 2.57. The molecule has 124 valence electrons. The van der Waals surface area contributed by atoms with Gasteiger partial charge in [0.1, 0.15) is 18.2 Å². The van der Waals surface area contributed by atoms with E-state index in [4.69, 9.17) is 4.74 Å². The van der Waals surface area contributed by atoms with Crippen molar-refractivity contribution in [2.75, 3.05) is 6.61 Å². The summed E-state index contributed by atoms with van der Waals surface area (Å²) in [4.78, 5) is 17.5. The summed E-state index contributed by atoms with van der Waals surface area (Å²) in [5.41, 5.74) is 1.32. The quantitative estimate of drug-likeness (QED) is 0.771. The van der Waals surface area contributed by atoms with E-state index < -0.39 is 0 Å². The first-order valence-electron chi connectivity index (χ1n) is 7.65. The Bertz CT molecular complexity index is 935. The summed E-state index contributed by atoms with van der Waals surface area (Å²) in [5.74, 6) is 0.683. The fraction of sp³-hybridized carbons (Fsp3) is 0.294. The van der Waals surface area contributed by atoms with Crippen molar-refractivity contribution in [1.82, 2.24) is 9.38 Å². The molecule has 0 amide bonds. The Morgan fingerprint density at radius 2 is 2.17 bits per heavy atom. The van der Waals surface area contributed by atoms with Crippen molar-refractivity contribution >= 4 is 16.3 Å². The highest BCUT2D eigenvalue weighted by Gasteiger charge is 2.39. The number of halogens is 1. The fourth-order valence-corrected chi connectivity index (χ4v) is 3.79. The van der Waals surface area contributed by atoms with Gasteiger partial charge in [-0.25, -0.2) is 9.37 Å². The van der Waals surface area contributed by atoms with Crippen LogP contribution in [0.1, 0.15) is 23.7 Å². The summed E-state index contributed by atoms with van der Waals surface area (Å²) in [6, 6.07) is 7.17. The van der Waals surface area contributed by atoms with E-state index in [2.05, 4.69) is 4.98 Å². The topological polar surface area (TPSA) is 63.8 Å². The van der Waals surface area contributed by atoms with Gasteiger partial charge in [-0.1, -0.05) is 0 Å². The van der Waals surface area contributed by atoms with E-state index in [1.54, 1.807) is 4.40 Å². The third-order valence-corrected chi connectivity index (χ3v) is 5.07. The van der Waals surface area contributed by atoms with Crippen LogP contribution in [0, 0.1) is 11.7 Å². The minimum absolute atomic E-state index is 0.141. The van der Waals surface area contributed by atoms with E-state index in [1.165, 1.54) is 41.7 Å². The van der Waals surface area contributed by atoms with Gasteiger partial charge >= 0.3 is 0 Å². The molecule has 2 heterocycles. The predicted molar refractivity (Wildman–Crippen MR) is 88.0 cm³/mol. The summed E-state index contributed by atoms with van der Waals surface area (Å²) in [5, 5.41) is 11.2. The molecular formula is C17H15FN2O3S. The van der Waals surface area contributed by atoms with E-state index in [-0.39, 0.29) is 36.4 Å². The Labute approximate surface area is 141 Å². The number of aliphatic hydroxyl groups is 1. The van der Waals surface area contributed by atoms with Crippen LogP contribution in [0.15, 0.2) is 40.5 Å². The van der Waals surface area contributed by atoms with Crippen LogP contribution in [-0.4, -0.2) is 21.1 Å². The zero-order valence-corrected chi connectivity index (χ0v) is 13.5. The summed E-state index contributed by atoms with van der Waals surface area (Å²) in [6.07, 6.45) is 0.907. The zero-order chi connectivity index (χ0) is 16.7. The van der Waals surface area contributed by atoms with Gasteiger partial charge in [0.05, 0.1) is 5.69 Å². The van der Waals surface area contributed by atoms with E-state index in [0.717, 1.165) is 12.1 Å². The van der Waals surface area contributed by atoms with Crippen molar-refractivity contribution in [2.45, 2.75) is 18.9 Å². The Balaban J connectivity index is 1.57. The maximum atomic E-state index is 12.9. The van der Waals surface area contributed by atoms with Gasteiger partial charge in [-0.2, -0.15) is 0 Å². The molecule has 1 aliphatic carbocycles. The van der Waals surface area contributed by atoms with Crippen molar-refractivity contribution in [3.63, 3.8) is 0 Å². The van der Waals surface area contributed by atoms with Gasteiger partial charge in [0, 0.05) is 29.7 Å². The molecule has 1 aliphatic rings. The Morgan fingerprint density at radius 1 is 1.38 bits per heavy atom. The summed E-state index contributed by atoms with van der Waals surface area (Å²) < 4.78 is 20.0. The largest absolute Gasteiger partial charge is 0.487 e. The lowest BCUT2D eigenvalue weighted by molar-refractivity contribution is 0.273. The highest BCUT2D eigenvalue weighted by atomic mass is 32.1. The summed E-state index contributed by atoms with van der Waals surface area (Å²) in [6.45, 7) is 0.293. The summed E-state index contributed by atoms with van der Waals surface area (Å²) in [7, 11) is 0. The van der Waals surface area contributed by atoms with E-state index >= 15 is 0 Å². The molecule has 0 aliphatic heterocycles. The van der Waals surface area contributed by atoms with Gasteiger partial charge in [0.2, 0.25) is 0 Å². The van der Waals surface area contributed by atoms with Crippen molar-refractivity contribution < 1.29 is 14.2 Å². The lowest BCUT2D eigenvalue weighted by Gasteiger charge is -2.06. The molecule has 1 fully saturated rings. The third kappa shape index (κ3) is 2.81. The molecule has 1 aromatic carbocycles. The van der Waals surface area contributed by atoms with Gasteiger partial charge in [-0.05, 0) is 36.6 Å². The number of hydrogen-bond donors (Lipinski definition) is 1. The lowest BCUT2D eigenvalue weighted by atomic mass is 10.2. The number of aromatic nitrogens is 2. The molecule has 3 aromatic rings. The number of fused-ring (bicyclic) bond motifs is 1. The molecule has 4 rings (SSSR count). The third-order valence-electron chi connectivity index (χ3n) is 4.22. The number of ether oxygens (including phenoxy) is 1. The molecule has 24 heavy (non-hydrogen) atoms. The normalized spacial score (nSPS) is 19.6. The first-order valence-corrected chi connectivity index (χ1v) is 8.53. The highest BCUT2D eigenvalue weighted by molar-refractivity contribution is 7.15. The summed E-state index contributed by atoms with van der Waals surface area (Å²) >= 11 is 1.41. The van der Waals surface area contributed by atoms with Crippen LogP contribution in [0.5, 0.6) is 5.75 Å². The lowest BCUT2D eigenvalue weighted by Crippen LogP contribution is -2.17. The van der Waals surface area contributed by atoms with Crippen LogP contribution >= 0.6 is 11.3 Å². The van der Waals surface area contributed by atoms with Gasteiger partial charge in [-0.15, -0.1) is 11.3 Å². The Morgan fingerprint density at radius 3 is 2.88 bits per heavy atom. The number of benzene rings is 1. The van der Waals surface area contributed by atoms with E-state index in [1.807, 2.05) is 5.38 Å². The molecule has 2 atom stereocenters. The van der Waals surface area contributed by atoms with Gasteiger partial charge < -0.3 is 9.84 Å². The Kier molecular flexibility index (Phi) is 3.82. The standard InChI is InChI=1S/C17H15FN2O3S/c18-11-1-3-13(4-2-11)23-8-12-6-16(22)20-15(9-24-17(20)19-12)14-5-10(14)7-21/h1-4,6,9-10,14,21H,5,7-8H2/t10-,14+/m0/s1. The van der Waals surface area contributed by atoms with Crippen LogP contribution in [0.25, 0.3) is 4.96 Å². The van der Waals surface area contributed by atoms with Crippen molar-refractivity contribution in [1.29, 1.82) is 0 Å². The molecule has 0 bridgehead atoms. The number of thiazole rings is 1. The minimum Gasteiger partial charge on any atom is -0.487 e. The molecular weight excluding hydrogens is 331 g/mol. The molecule has 0 saturated heterocycles. The van der Waals surface area contributed by atoms with E-state index in [9.17, 15) is 14.3 Å². The molecule has 1 N–H and O–H groups in total. The molecule has 7 heteroatoms. The molecule has 0 unspecified atom stereocenters. The molecule has 0 spiro atoms.